The SMILES string of the molecule is CC(C)C(N)c1nc2cc(F)ccc2s1. The maximum absolute atomic E-state index is 12.9. The molecule has 0 fully saturated rings. The summed E-state index contributed by atoms with van der Waals surface area (Å²) in [4.78, 5) is 4.35. The summed E-state index contributed by atoms with van der Waals surface area (Å²) in [7, 11) is 0. The number of fused-ring (bicyclic) bond motifs is 1. The van der Waals surface area contributed by atoms with Crippen molar-refractivity contribution in [2.24, 2.45) is 11.7 Å². The second kappa shape index (κ2) is 3.87. The van der Waals surface area contributed by atoms with Gasteiger partial charge < -0.3 is 5.73 Å². The van der Waals surface area contributed by atoms with E-state index in [-0.39, 0.29) is 11.9 Å². The lowest BCUT2D eigenvalue weighted by molar-refractivity contribution is 0.513. The van der Waals surface area contributed by atoms with Gasteiger partial charge >= 0.3 is 0 Å². The van der Waals surface area contributed by atoms with Crippen molar-refractivity contribution in [3.8, 4) is 0 Å². The third kappa shape index (κ3) is 2.01. The molecule has 0 bridgehead atoms. The number of nitrogens with zero attached hydrogens (tertiary/aromatic N) is 1. The lowest BCUT2D eigenvalue weighted by Crippen LogP contribution is -2.16. The van der Waals surface area contributed by atoms with E-state index in [1.54, 1.807) is 6.07 Å². The Morgan fingerprint density at radius 2 is 2.13 bits per heavy atom. The Morgan fingerprint density at radius 3 is 2.80 bits per heavy atom. The van der Waals surface area contributed by atoms with Crippen LogP contribution in [0.4, 0.5) is 4.39 Å². The molecule has 80 valence electrons. The normalized spacial score (nSPS) is 13.7. The van der Waals surface area contributed by atoms with Gasteiger partial charge in [0.2, 0.25) is 0 Å². The van der Waals surface area contributed by atoms with Crippen molar-refractivity contribution in [3.05, 3.63) is 29.0 Å². The quantitative estimate of drug-likeness (QED) is 0.851. The monoisotopic (exact) mass is 224 g/mol. The maximum atomic E-state index is 12.9. The van der Waals surface area contributed by atoms with E-state index in [9.17, 15) is 4.39 Å². The van der Waals surface area contributed by atoms with E-state index in [0.29, 0.717) is 11.4 Å². The van der Waals surface area contributed by atoms with E-state index < -0.39 is 0 Å². The predicted molar refractivity (Wildman–Crippen MR) is 61.3 cm³/mol. The molecule has 2 N–H and O–H groups in total. The molecular weight excluding hydrogens is 211 g/mol. The fraction of sp³-hybridized carbons (Fsp3) is 0.364. The Kier molecular flexibility index (Phi) is 2.71. The van der Waals surface area contributed by atoms with Gasteiger partial charge in [-0.05, 0) is 18.1 Å². The highest BCUT2D eigenvalue weighted by molar-refractivity contribution is 7.18. The number of rotatable bonds is 2. The molecule has 4 heteroatoms. The van der Waals surface area contributed by atoms with Gasteiger partial charge in [0, 0.05) is 6.07 Å². The molecule has 0 spiro atoms. The zero-order valence-corrected chi connectivity index (χ0v) is 9.51. The summed E-state index contributed by atoms with van der Waals surface area (Å²) < 4.78 is 13.9. The van der Waals surface area contributed by atoms with Crippen molar-refractivity contribution in [1.29, 1.82) is 0 Å². The van der Waals surface area contributed by atoms with Gasteiger partial charge in [-0.1, -0.05) is 13.8 Å². The molecular formula is C11H13FN2S. The van der Waals surface area contributed by atoms with Gasteiger partial charge in [0.25, 0.3) is 0 Å². The molecule has 1 aromatic heterocycles. The minimum Gasteiger partial charge on any atom is -0.322 e. The Hall–Kier alpha value is -1.00. The van der Waals surface area contributed by atoms with Crippen LogP contribution in [0.25, 0.3) is 10.2 Å². The second-order valence-corrected chi connectivity index (χ2v) is 5.00. The van der Waals surface area contributed by atoms with Crippen molar-refractivity contribution in [2.75, 3.05) is 0 Å². The highest BCUT2D eigenvalue weighted by Gasteiger charge is 2.15. The molecule has 0 saturated heterocycles. The molecule has 0 amide bonds. The first kappa shape index (κ1) is 10.5. The lowest BCUT2D eigenvalue weighted by Gasteiger charge is -2.11. The highest BCUT2D eigenvalue weighted by Crippen LogP contribution is 2.28. The number of thiazole rings is 1. The van der Waals surface area contributed by atoms with Crippen LogP contribution in [0.2, 0.25) is 0 Å². The standard InChI is InChI=1S/C11H13FN2S/c1-6(2)10(13)11-14-8-5-7(12)3-4-9(8)15-11/h3-6,10H,13H2,1-2H3. The molecule has 1 atom stereocenters. The van der Waals surface area contributed by atoms with Gasteiger partial charge in [-0.15, -0.1) is 11.3 Å². The minimum atomic E-state index is -0.252. The van der Waals surface area contributed by atoms with Crippen LogP contribution in [0.5, 0.6) is 0 Å². The molecule has 0 saturated carbocycles. The van der Waals surface area contributed by atoms with Gasteiger partial charge in [-0.2, -0.15) is 0 Å². The van der Waals surface area contributed by atoms with Crippen LogP contribution in [0, 0.1) is 11.7 Å². The molecule has 0 aliphatic rings. The van der Waals surface area contributed by atoms with E-state index in [1.807, 2.05) is 0 Å². The zero-order valence-electron chi connectivity index (χ0n) is 8.70. The molecule has 0 aliphatic carbocycles. The summed E-state index contributed by atoms with van der Waals surface area (Å²) in [5.74, 6) is 0.0906. The van der Waals surface area contributed by atoms with Crippen molar-refractivity contribution in [2.45, 2.75) is 19.9 Å². The van der Waals surface area contributed by atoms with Gasteiger partial charge in [0.05, 0.1) is 16.3 Å². The second-order valence-electron chi connectivity index (χ2n) is 3.93. The fourth-order valence-corrected chi connectivity index (χ4v) is 2.47. The lowest BCUT2D eigenvalue weighted by atomic mass is 10.1. The summed E-state index contributed by atoms with van der Waals surface area (Å²) in [6.45, 7) is 4.11. The predicted octanol–water partition coefficient (Wildman–Crippen LogP) is 3.09. The molecule has 1 unspecified atom stereocenters. The molecule has 2 nitrogen and oxygen atoms in total. The maximum Gasteiger partial charge on any atom is 0.125 e. The third-order valence-corrected chi connectivity index (χ3v) is 3.51. The average Bonchev–Trinajstić information content (AvgIpc) is 2.58. The Bertz CT molecular complexity index is 478. The number of nitrogens with two attached hydrogens (primary N) is 1. The smallest absolute Gasteiger partial charge is 0.125 e. The molecule has 1 aromatic carbocycles. The zero-order chi connectivity index (χ0) is 11.0. The van der Waals surface area contributed by atoms with Crippen LogP contribution >= 0.6 is 11.3 Å². The summed E-state index contributed by atoms with van der Waals surface area (Å²) in [6, 6.07) is 4.58. The van der Waals surface area contributed by atoms with Crippen LogP contribution in [-0.4, -0.2) is 4.98 Å². The molecule has 1 heterocycles. The van der Waals surface area contributed by atoms with Crippen molar-refractivity contribution in [3.63, 3.8) is 0 Å². The largest absolute Gasteiger partial charge is 0.322 e. The van der Waals surface area contributed by atoms with Gasteiger partial charge in [-0.25, -0.2) is 9.37 Å². The average molecular weight is 224 g/mol. The fourth-order valence-electron chi connectivity index (χ4n) is 1.35. The van der Waals surface area contributed by atoms with Crippen LogP contribution in [0.15, 0.2) is 18.2 Å². The Morgan fingerprint density at radius 1 is 1.40 bits per heavy atom. The van der Waals surface area contributed by atoms with E-state index >= 15 is 0 Å². The number of hydrogen-bond donors (Lipinski definition) is 1. The summed E-state index contributed by atoms with van der Waals surface area (Å²) in [6.07, 6.45) is 0. The van der Waals surface area contributed by atoms with Gasteiger partial charge in [0.15, 0.2) is 0 Å². The summed E-state index contributed by atoms with van der Waals surface area (Å²) in [5, 5.41) is 0.880. The molecule has 0 aliphatic heterocycles. The summed E-state index contributed by atoms with van der Waals surface area (Å²) in [5.41, 5.74) is 6.69. The highest BCUT2D eigenvalue weighted by atomic mass is 32.1. The number of halogens is 1. The van der Waals surface area contributed by atoms with Crippen LogP contribution in [-0.2, 0) is 0 Å². The third-order valence-electron chi connectivity index (χ3n) is 2.37. The van der Waals surface area contributed by atoms with E-state index in [0.717, 1.165) is 9.71 Å². The molecule has 2 rings (SSSR count). The number of hydrogen-bond acceptors (Lipinski definition) is 3. The van der Waals surface area contributed by atoms with Crippen molar-refractivity contribution < 1.29 is 4.39 Å². The Labute approximate surface area is 91.9 Å². The van der Waals surface area contributed by atoms with Crippen LogP contribution in [0.1, 0.15) is 24.9 Å². The summed E-state index contributed by atoms with van der Waals surface area (Å²) >= 11 is 1.54. The Balaban J connectivity index is 2.47. The first-order valence-corrected chi connectivity index (χ1v) is 5.71. The van der Waals surface area contributed by atoms with Crippen molar-refractivity contribution >= 4 is 21.6 Å². The van der Waals surface area contributed by atoms with E-state index in [1.165, 1.54) is 23.5 Å². The van der Waals surface area contributed by atoms with Gasteiger partial charge in [-0.3, -0.25) is 0 Å². The molecule has 15 heavy (non-hydrogen) atoms. The van der Waals surface area contributed by atoms with E-state index in [4.69, 9.17) is 5.73 Å². The van der Waals surface area contributed by atoms with Crippen LogP contribution in [0.3, 0.4) is 0 Å². The number of aromatic nitrogens is 1. The van der Waals surface area contributed by atoms with Gasteiger partial charge in [0.1, 0.15) is 10.8 Å². The minimum absolute atomic E-state index is 0.0644. The molecule has 0 radical (unpaired) electrons. The molecule has 2 aromatic rings. The first-order valence-electron chi connectivity index (χ1n) is 4.89. The topological polar surface area (TPSA) is 38.9 Å². The van der Waals surface area contributed by atoms with E-state index in [2.05, 4.69) is 18.8 Å². The number of benzene rings is 1. The van der Waals surface area contributed by atoms with Crippen LogP contribution < -0.4 is 5.73 Å². The van der Waals surface area contributed by atoms with Crippen molar-refractivity contribution in [1.82, 2.24) is 4.98 Å². The first-order chi connectivity index (χ1) is 7.08.